The van der Waals surface area contributed by atoms with Gasteiger partial charge in [-0.3, -0.25) is 14.5 Å². The molecule has 0 saturated heterocycles. The lowest BCUT2D eigenvalue weighted by molar-refractivity contribution is -0.124. The predicted octanol–water partition coefficient (Wildman–Crippen LogP) is 6.33. The summed E-state index contributed by atoms with van der Waals surface area (Å²) >= 11 is 0. The highest BCUT2D eigenvalue weighted by Crippen LogP contribution is 2.40. The lowest BCUT2D eigenvalue weighted by Gasteiger charge is -2.23. The monoisotopic (exact) mass is 480 g/mol. The number of amides is 2. The Morgan fingerprint density at radius 3 is 2.31 bits per heavy atom. The van der Waals surface area contributed by atoms with Crippen LogP contribution in [0.5, 0.6) is 0 Å². The molecule has 172 valence electrons. The number of H-pyrrole nitrogens is 1. The first kappa shape index (κ1) is 22.4. The number of aromatic nitrogens is 2. The fourth-order valence-electron chi connectivity index (χ4n) is 4.50. The summed E-state index contributed by atoms with van der Waals surface area (Å²) in [5.41, 5.74) is 5.76. The van der Waals surface area contributed by atoms with E-state index in [0.29, 0.717) is 17.1 Å². The number of carbonyl (C=O) groups excluding carboxylic acids is 2. The summed E-state index contributed by atoms with van der Waals surface area (Å²) in [6.07, 6.45) is 1.46. The molecule has 0 bridgehead atoms. The summed E-state index contributed by atoms with van der Waals surface area (Å²) in [4.78, 5) is 35.0. The molecule has 4 aromatic carbocycles. The van der Waals surface area contributed by atoms with E-state index in [2.05, 4.69) is 15.3 Å². The number of hydrogen-bond acceptors (Lipinski definition) is 3. The van der Waals surface area contributed by atoms with Crippen molar-refractivity contribution in [3.8, 4) is 22.5 Å². The highest BCUT2D eigenvalue weighted by Gasteiger charge is 2.28. The normalized spacial score (nSPS) is 13.1. The van der Waals surface area contributed by atoms with Gasteiger partial charge in [0.25, 0.3) is 0 Å². The lowest BCUT2D eigenvalue weighted by Crippen LogP contribution is -2.26. The van der Waals surface area contributed by atoms with E-state index in [1.54, 1.807) is 11.2 Å². The summed E-state index contributed by atoms with van der Waals surface area (Å²) in [6.45, 7) is 0. The van der Waals surface area contributed by atoms with Gasteiger partial charge in [-0.25, -0.2) is 4.98 Å². The summed E-state index contributed by atoms with van der Waals surface area (Å²) < 4.78 is 0. The molecule has 1 aromatic heterocycles. The van der Waals surface area contributed by atoms with Gasteiger partial charge in [0, 0.05) is 22.2 Å². The van der Waals surface area contributed by atoms with Gasteiger partial charge in [0.2, 0.25) is 11.8 Å². The molecule has 0 unspecified atom stereocenters. The lowest BCUT2D eigenvalue weighted by atomic mass is 10.0. The number of rotatable bonds is 3. The second kappa shape index (κ2) is 9.08. The molecule has 5 aromatic rings. The maximum Gasteiger partial charge on any atom is 0.241 e. The zero-order valence-electron chi connectivity index (χ0n) is 18.6. The average Bonchev–Trinajstić information content (AvgIpc) is 3.31. The van der Waals surface area contributed by atoms with E-state index in [-0.39, 0.29) is 30.6 Å². The molecule has 7 heteroatoms. The first-order valence-corrected chi connectivity index (χ1v) is 11.0. The molecule has 0 spiro atoms. The van der Waals surface area contributed by atoms with Crippen molar-refractivity contribution in [3.05, 3.63) is 97.3 Å². The van der Waals surface area contributed by atoms with Crippen LogP contribution in [0.4, 0.5) is 17.1 Å². The van der Waals surface area contributed by atoms with Crippen LogP contribution >= 0.6 is 12.4 Å². The van der Waals surface area contributed by atoms with Gasteiger partial charge < -0.3 is 10.3 Å². The number of imidazole rings is 1. The number of fused-ring (bicyclic) bond motifs is 3. The van der Waals surface area contributed by atoms with Crippen molar-refractivity contribution in [2.45, 2.75) is 6.42 Å². The van der Waals surface area contributed by atoms with Gasteiger partial charge in [-0.15, -0.1) is 12.4 Å². The Hall–Kier alpha value is -4.42. The number of benzene rings is 4. The first-order valence-electron chi connectivity index (χ1n) is 11.0. The quantitative estimate of drug-likeness (QED) is 0.296. The molecule has 35 heavy (non-hydrogen) atoms. The van der Waals surface area contributed by atoms with Gasteiger partial charge in [-0.2, -0.15) is 0 Å². The summed E-state index contributed by atoms with van der Waals surface area (Å²) in [6, 6.07) is 29.4. The van der Waals surface area contributed by atoms with E-state index in [0.717, 1.165) is 33.3 Å². The Balaban J connectivity index is 0.00000253. The number of nitrogens with one attached hydrogen (secondary N) is 2. The molecule has 0 aliphatic carbocycles. The topological polar surface area (TPSA) is 78.1 Å². The molecular weight excluding hydrogens is 460 g/mol. The van der Waals surface area contributed by atoms with Gasteiger partial charge in [0.15, 0.2) is 0 Å². The van der Waals surface area contributed by atoms with E-state index in [4.69, 9.17) is 0 Å². The second-order valence-electron chi connectivity index (χ2n) is 8.17. The van der Waals surface area contributed by atoms with Crippen LogP contribution in [0, 0.1) is 0 Å². The number of nitrogens with zero attached hydrogens (tertiary/aromatic N) is 2. The van der Waals surface area contributed by atoms with Gasteiger partial charge in [0.05, 0.1) is 29.1 Å². The molecule has 2 amide bonds. The highest BCUT2D eigenvalue weighted by molar-refractivity contribution is 6.21. The van der Waals surface area contributed by atoms with Crippen LogP contribution in [-0.2, 0) is 9.59 Å². The van der Waals surface area contributed by atoms with Crippen molar-refractivity contribution in [2.75, 3.05) is 10.2 Å². The molecule has 0 atom stereocenters. The molecule has 1 aliphatic rings. The standard InChI is InChI=1S/C28H20N4O2.ClH/c33-24-16-25(34)32(23-15-12-18-6-4-5-9-22(18)28(23)31-24)21-13-10-20(11-14-21)27-26(29-17-30-27)19-7-2-1-3-8-19;/h1-15,17H,16H2,(H,29,30)(H,31,33);1H. The Bertz CT molecular complexity index is 1540. The van der Waals surface area contributed by atoms with E-state index in [9.17, 15) is 9.59 Å². The minimum atomic E-state index is -0.313. The van der Waals surface area contributed by atoms with Crippen molar-refractivity contribution < 1.29 is 9.59 Å². The van der Waals surface area contributed by atoms with Gasteiger partial charge in [0.1, 0.15) is 6.42 Å². The van der Waals surface area contributed by atoms with Crippen LogP contribution in [0.3, 0.4) is 0 Å². The van der Waals surface area contributed by atoms with E-state index >= 15 is 0 Å². The predicted molar refractivity (Wildman–Crippen MR) is 141 cm³/mol. The molecule has 0 saturated carbocycles. The minimum Gasteiger partial charge on any atom is -0.344 e. The maximum atomic E-state index is 13.1. The van der Waals surface area contributed by atoms with Crippen molar-refractivity contribution >= 4 is 52.1 Å². The Kier molecular flexibility index (Phi) is 5.81. The van der Waals surface area contributed by atoms with Crippen LogP contribution in [0.1, 0.15) is 6.42 Å². The molecule has 1 aliphatic heterocycles. The van der Waals surface area contributed by atoms with Crippen molar-refractivity contribution in [1.82, 2.24) is 9.97 Å². The zero-order chi connectivity index (χ0) is 23.1. The van der Waals surface area contributed by atoms with Crippen LogP contribution in [0.2, 0.25) is 0 Å². The second-order valence-corrected chi connectivity index (χ2v) is 8.17. The maximum absolute atomic E-state index is 13.1. The third kappa shape index (κ3) is 3.94. The largest absolute Gasteiger partial charge is 0.344 e. The van der Waals surface area contributed by atoms with Crippen LogP contribution in [0.25, 0.3) is 33.3 Å². The van der Waals surface area contributed by atoms with E-state index in [1.165, 1.54) is 0 Å². The van der Waals surface area contributed by atoms with Gasteiger partial charge >= 0.3 is 0 Å². The highest BCUT2D eigenvalue weighted by atomic mass is 35.5. The first-order chi connectivity index (χ1) is 16.7. The van der Waals surface area contributed by atoms with Crippen LogP contribution < -0.4 is 10.2 Å². The summed E-state index contributed by atoms with van der Waals surface area (Å²) in [5, 5.41) is 4.84. The van der Waals surface area contributed by atoms with Crippen molar-refractivity contribution in [1.29, 1.82) is 0 Å². The fraction of sp³-hybridized carbons (Fsp3) is 0.0357. The Morgan fingerprint density at radius 1 is 0.771 bits per heavy atom. The van der Waals surface area contributed by atoms with Crippen molar-refractivity contribution in [3.63, 3.8) is 0 Å². The summed E-state index contributed by atoms with van der Waals surface area (Å²) in [7, 11) is 0. The van der Waals surface area contributed by atoms with E-state index < -0.39 is 0 Å². The number of aromatic amines is 1. The number of hydrogen-bond donors (Lipinski definition) is 2. The summed E-state index contributed by atoms with van der Waals surface area (Å²) in [5.74, 6) is -0.586. The average molecular weight is 481 g/mol. The molecule has 6 nitrogen and oxygen atoms in total. The number of halogens is 1. The van der Waals surface area contributed by atoms with Crippen molar-refractivity contribution in [2.24, 2.45) is 0 Å². The Labute approximate surface area is 208 Å². The molecule has 0 radical (unpaired) electrons. The third-order valence-corrected chi connectivity index (χ3v) is 6.07. The molecule has 0 fully saturated rings. The van der Waals surface area contributed by atoms with Crippen LogP contribution in [0.15, 0.2) is 97.3 Å². The Morgan fingerprint density at radius 2 is 1.51 bits per heavy atom. The van der Waals surface area contributed by atoms with Gasteiger partial charge in [-0.1, -0.05) is 72.8 Å². The fourth-order valence-corrected chi connectivity index (χ4v) is 4.50. The van der Waals surface area contributed by atoms with E-state index in [1.807, 2.05) is 91.0 Å². The molecule has 6 rings (SSSR count). The minimum absolute atomic E-state index is 0. The van der Waals surface area contributed by atoms with Gasteiger partial charge in [-0.05, 0) is 23.6 Å². The molecule has 2 heterocycles. The number of anilines is 3. The third-order valence-electron chi connectivity index (χ3n) is 6.07. The molecular formula is C28H21ClN4O2. The zero-order valence-corrected chi connectivity index (χ0v) is 19.4. The number of carbonyl (C=O) groups is 2. The van der Waals surface area contributed by atoms with Crippen LogP contribution in [-0.4, -0.2) is 21.8 Å². The molecule has 2 N–H and O–H groups in total. The smallest absolute Gasteiger partial charge is 0.241 e. The SMILES string of the molecule is Cl.O=C1CC(=O)N(c2ccc(-c3[nH]cnc3-c3ccccc3)cc2)c2ccc3ccccc3c2N1.